The van der Waals surface area contributed by atoms with Crippen LogP contribution in [0.15, 0.2) is 48.8 Å². The second kappa shape index (κ2) is 6.59. The predicted octanol–water partition coefficient (Wildman–Crippen LogP) is 2.64. The average molecular weight is 363 g/mol. The fourth-order valence-corrected chi connectivity index (χ4v) is 2.47. The molecule has 4 aromatic rings. The van der Waals surface area contributed by atoms with Crippen LogP contribution in [0.1, 0.15) is 10.4 Å². The Bertz CT molecular complexity index is 1140. The van der Waals surface area contributed by atoms with E-state index in [1.165, 1.54) is 12.1 Å². The molecule has 0 bridgehead atoms. The molecule has 4 rings (SSSR count). The van der Waals surface area contributed by atoms with Gasteiger partial charge in [-0.05, 0) is 36.4 Å². The van der Waals surface area contributed by atoms with Crippen molar-refractivity contribution < 1.29 is 15.0 Å². The number of carboxylic acids is 1. The van der Waals surface area contributed by atoms with Crippen molar-refractivity contribution in [3.8, 4) is 6.01 Å². The summed E-state index contributed by atoms with van der Waals surface area (Å²) >= 11 is 0. The van der Waals surface area contributed by atoms with Crippen LogP contribution in [0.4, 0.5) is 23.3 Å². The van der Waals surface area contributed by atoms with Crippen molar-refractivity contribution >= 4 is 40.3 Å². The summed E-state index contributed by atoms with van der Waals surface area (Å²) < 4.78 is 0. The van der Waals surface area contributed by atoms with Gasteiger partial charge in [0.25, 0.3) is 0 Å². The number of carboxylic acid groups (broad SMARTS) is 1. The van der Waals surface area contributed by atoms with E-state index in [0.29, 0.717) is 11.4 Å². The van der Waals surface area contributed by atoms with Gasteiger partial charge >= 0.3 is 12.0 Å². The third kappa shape index (κ3) is 3.58. The number of aromatic hydroxyl groups is 1. The molecule has 10 heteroatoms. The van der Waals surface area contributed by atoms with Crippen molar-refractivity contribution in [3.63, 3.8) is 0 Å². The molecule has 5 N–H and O–H groups in total. The Hall–Kier alpha value is -4.21. The lowest BCUT2D eigenvalue weighted by atomic mass is 10.2. The molecule has 2 aromatic carbocycles. The second-order valence-electron chi connectivity index (χ2n) is 5.55. The molecule has 0 atom stereocenters. The van der Waals surface area contributed by atoms with E-state index in [2.05, 4.69) is 35.6 Å². The number of rotatable bonds is 5. The van der Waals surface area contributed by atoms with Gasteiger partial charge in [-0.1, -0.05) is 6.07 Å². The number of nitrogens with one attached hydrogen (secondary N) is 3. The second-order valence-corrected chi connectivity index (χ2v) is 5.55. The summed E-state index contributed by atoms with van der Waals surface area (Å²) in [5, 5.41) is 24.7. The number of aromatic amines is 1. The molecule has 10 nitrogen and oxygen atoms in total. The first-order valence-corrected chi connectivity index (χ1v) is 7.82. The zero-order valence-electron chi connectivity index (χ0n) is 13.7. The summed E-state index contributed by atoms with van der Waals surface area (Å²) in [4.78, 5) is 30.1. The number of aromatic nitrogens is 5. The third-order valence-electron chi connectivity index (χ3n) is 3.67. The van der Waals surface area contributed by atoms with Crippen LogP contribution in [0.5, 0.6) is 6.01 Å². The van der Waals surface area contributed by atoms with Gasteiger partial charge in [0.1, 0.15) is 0 Å². The maximum atomic E-state index is 11.1. The van der Waals surface area contributed by atoms with Crippen LogP contribution < -0.4 is 10.6 Å². The fraction of sp³-hybridized carbons (Fsp3) is 0. The molecule has 2 heterocycles. The maximum Gasteiger partial charge on any atom is 0.335 e. The summed E-state index contributed by atoms with van der Waals surface area (Å²) in [6.07, 6.45) is 1.59. The molecule has 0 amide bonds. The molecule has 27 heavy (non-hydrogen) atoms. The number of hydrogen-bond acceptors (Lipinski definition) is 8. The fourth-order valence-electron chi connectivity index (χ4n) is 2.47. The molecule has 0 unspecified atom stereocenters. The molecule has 2 aromatic heterocycles. The molecule has 134 valence electrons. The predicted molar refractivity (Wildman–Crippen MR) is 97.6 cm³/mol. The van der Waals surface area contributed by atoms with Gasteiger partial charge in [0.15, 0.2) is 0 Å². The summed E-state index contributed by atoms with van der Waals surface area (Å²) in [5.74, 6) is -0.865. The van der Waals surface area contributed by atoms with E-state index in [1.54, 1.807) is 24.5 Å². The van der Waals surface area contributed by atoms with Crippen LogP contribution in [0.2, 0.25) is 0 Å². The zero-order valence-corrected chi connectivity index (χ0v) is 13.7. The first-order chi connectivity index (χ1) is 13.1. The van der Waals surface area contributed by atoms with Crippen molar-refractivity contribution in [2.75, 3.05) is 10.6 Å². The zero-order chi connectivity index (χ0) is 18.8. The number of anilines is 4. The molecule has 0 aliphatic heterocycles. The van der Waals surface area contributed by atoms with Crippen LogP contribution in [0, 0.1) is 0 Å². The number of benzene rings is 2. The van der Waals surface area contributed by atoms with E-state index < -0.39 is 12.0 Å². The number of fused-ring (bicyclic) bond motifs is 1. The Labute approximate surface area is 152 Å². The Morgan fingerprint density at radius 2 is 1.70 bits per heavy atom. The van der Waals surface area contributed by atoms with E-state index in [4.69, 9.17) is 5.11 Å². The molecule has 0 saturated heterocycles. The quantitative estimate of drug-likeness (QED) is 0.360. The molecule has 0 spiro atoms. The van der Waals surface area contributed by atoms with E-state index in [9.17, 15) is 9.90 Å². The SMILES string of the molecule is O=C(O)c1cccc(Nc2nc(O)nc(Nc3ccc4[nH]cnc4c3)n2)c1. The highest BCUT2D eigenvalue weighted by molar-refractivity contribution is 5.89. The van der Waals surface area contributed by atoms with E-state index >= 15 is 0 Å². The monoisotopic (exact) mass is 363 g/mol. The van der Waals surface area contributed by atoms with Crippen LogP contribution in [-0.2, 0) is 0 Å². The van der Waals surface area contributed by atoms with Gasteiger partial charge in [-0.25, -0.2) is 9.78 Å². The van der Waals surface area contributed by atoms with Gasteiger partial charge in [0, 0.05) is 11.4 Å². The molecule has 0 aliphatic carbocycles. The number of imidazole rings is 1. The normalized spacial score (nSPS) is 10.7. The number of aromatic carboxylic acids is 1. The summed E-state index contributed by atoms with van der Waals surface area (Å²) in [7, 11) is 0. The standard InChI is InChI=1S/C17H13N7O3/c25-14(26)9-2-1-3-10(6-9)20-15-22-16(24-17(27)23-15)21-11-4-5-12-13(7-11)19-8-18-12/h1-8H,(H,18,19)(H,25,26)(H3,20,21,22,23,24,27). The van der Waals surface area contributed by atoms with E-state index in [0.717, 1.165) is 11.0 Å². The van der Waals surface area contributed by atoms with Gasteiger partial charge in [0.05, 0.1) is 22.9 Å². The Morgan fingerprint density at radius 3 is 2.44 bits per heavy atom. The van der Waals surface area contributed by atoms with Gasteiger partial charge in [-0.3, -0.25) is 0 Å². The Kier molecular flexibility index (Phi) is 3.97. The minimum Gasteiger partial charge on any atom is -0.479 e. The number of nitrogens with zero attached hydrogens (tertiary/aromatic N) is 4. The number of carbonyl (C=O) groups is 1. The minimum absolute atomic E-state index is 0.0633. The first-order valence-electron chi connectivity index (χ1n) is 7.82. The highest BCUT2D eigenvalue weighted by Crippen LogP contribution is 2.21. The van der Waals surface area contributed by atoms with E-state index in [1.807, 2.05) is 12.1 Å². The van der Waals surface area contributed by atoms with Crippen molar-refractivity contribution in [3.05, 3.63) is 54.4 Å². The topological polar surface area (TPSA) is 149 Å². The van der Waals surface area contributed by atoms with E-state index in [-0.39, 0.29) is 17.5 Å². The van der Waals surface area contributed by atoms with Gasteiger partial charge in [-0.15, -0.1) is 0 Å². The molecule has 0 saturated carbocycles. The average Bonchev–Trinajstić information content (AvgIpc) is 3.09. The van der Waals surface area contributed by atoms with Gasteiger partial charge < -0.3 is 25.8 Å². The summed E-state index contributed by atoms with van der Waals surface area (Å²) in [5.41, 5.74) is 2.91. The largest absolute Gasteiger partial charge is 0.479 e. The lowest BCUT2D eigenvalue weighted by Gasteiger charge is -2.09. The smallest absolute Gasteiger partial charge is 0.335 e. The van der Waals surface area contributed by atoms with Crippen molar-refractivity contribution in [1.82, 2.24) is 24.9 Å². The first kappa shape index (κ1) is 16.3. The minimum atomic E-state index is -1.05. The Balaban J connectivity index is 1.59. The van der Waals surface area contributed by atoms with Crippen LogP contribution >= 0.6 is 0 Å². The van der Waals surface area contributed by atoms with Crippen molar-refractivity contribution in [1.29, 1.82) is 0 Å². The molecule has 0 aliphatic rings. The van der Waals surface area contributed by atoms with Crippen LogP contribution in [0.3, 0.4) is 0 Å². The van der Waals surface area contributed by atoms with Gasteiger partial charge in [0.2, 0.25) is 11.9 Å². The van der Waals surface area contributed by atoms with Crippen LogP contribution in [-0.4, -0.2) is 41.1 Å². The summed E-state index contributed by atoms with van der Waals surface area (Å²) in [6, 6.07) is 11.1. The maximum absolute atomic E-state index is 11.1. The third-order valence-corrected chi connectivity index (χ3v) is 3.67. The number of H-pyrrole nitrogens is 1. The molecular weight excluding hydrogens is 350 g/mol. The van der Waals surface area contributed by atoms with Crippen molar-refractivity contribution in [2.24, 2.45) is 0 Å². The van der Waals surface area contributed by atoms with Crippen LogP contribution in [0.25, 0.3) is 11.0 Å². The lowest BCUT2D eigenvalue weighted by Crippen LogP contribution is -2.04. The lowest BCUT2D eigenvalue weighted by molar-refractivity contribution is 0.0697. The molecule has 0 radical (unpaired) electrons. The molecular formula is C17H13N7O3. The summed E-state index contributed by atoms with van der Waals surface area (Å²) in [6.45, 7) is 0. The molecule has 0 fully saturated rings. The van der Waals surface area contributed by atoms with Gasteiger partial charge in [-0.2, -0.15) is 15.0 Å². The number of hydrogen-bond donors (Lipinski definition) is 5. The Morgan fingerprint density at radius 1 is 0.963 bits per heavy atom. The highest BCUT2D eigenvalue weighted by atomic mass is 16.4. The van der Waals surface area contributed by atoms with Crippen molar-refractivity contribution in [2.45, 2.75) is 0 Å². The highest BCUT2D eigenvalue weighted by Gasteiger charge is 2.09.